The highest BCUT2D eigenvalue weighted by Crippen LogP contribution is 2.30. The number of esters is 1. The summed E-state index contributed by atoms with van der Waals surface area (Å²) in [4.78, 5) is 11.2. The summed E-state index contributed by atoms with van der Waals surface area (Å²) in [6.45, 7) is 6.06. The molecule has 0 aliphatic heterocycles. The molecule has 1 rings (SSSR count). The first-order chi connectivity index (χ1) is 8.68. The lowest BCUT2D eigenvalue weighted by Gasteiger charge is -2.23. The Morgan fingerprint density at radius 1 is 1.32 bits per heavy atom. The molecule has 0 bridgehead atoms. The fourth-order valence-corrected chi connectivity index (χ4v) is 1.72. The number of hydrogen-bond acceptors (Lipinski definition) is 5. The number of carbonyl (C=O) groups excluding carboxylic acids is 1. The van der Waals surface area contributed by atoms with Crippen LogP contribution in [0.4, 0.5) is 5.69 Å². The summed E-state index contributed by atoms with van der Waals surface area (Å²) in [7, 11) is 1.15. The average Bonchev–Trinajstić information content (AvgIpc) is 2.35. The molecule has 5 heteroatoms. The number of rotatable bonds is 3. The van der Waals surface area contributed by atoms with Crippen LogP contribution in [0.2, 0.25) is 0 Å². The second-order valence-electron chi connectivity index (χ2n) is 5.51. The Bertz CT molecular complexity index is 465. The summed E-state index contributed by atoms with van der Waals surface area (Å²) in [6.07, 6.45) is -3.06. The van der Waals surface area contributed by atoms with Crippen LogP contribution in [0.1, 0.15) is 38.0 Å². The number of carbonyl (C=O) groups is 1. The van der Waals surface area contributed by atoms with Crippen LogP contribution < -0.4 is 5.73 Å². The summed E-state index contributed by atoms with van der Waals surface area (Å²) in [5.41, 5.74) is 7.26. The molecule has 106 valence electrons. The maximum Gasteiger partial charge on any atom is 0.337 e. The number of nitrogen functional groups attached to an aromatic ring is 1. The van der Waals surface area contributed by atoms with E-state index in [0.717, 1.165) is 12.7 Å². The van der Waals surface area contributed by atoms with Crippen molar-refractivity contribution in [2.24, 2.45) is 0 Å². The van der Waals surface area contributed by atoms with Crippen LogP contribution in [0.5, 0.6) is 0 Å². The third kappa shape index (κ3) is 3.45. The fraction of sp³-hybridized carbons (Fsp3) is 0.500. The molecule has 0 radical (unpaired) electrons. The van der Waals surface area contributed by atoms with Gasteiger partial charge < -0.3 is 20.7 Å². The van der Waals surface area contributed by atoms with Crippen molar-refractivity contribution in [3.63, 3.8) is 0 Å². The zero-order valence-corrected chi connectivity index (χ0v) is 11.7. The molecular formula is C14H21NO4. The van der Waals surface area contributed by atoms with Crippen LogP contribution in [0, 0.1) is 0 Å². The van der Waals surface area contributed by atoms with E-state index in [0.29, 0.717) is 11.3 Å². The van der Waals surface area contributed by atoms with Gasteiger partial charge in [0.1, 0.15) is 6.10 Å². The van der Waals surface area contributed by atoms with Gasteiger partial charge >= 0.3 is 5.97 Å². The van der Waals surface area contributed by atoms with Gasteiger partial charge in [0.15, 0.2) is 6.10 Å². The molecule has 1 aromatic carbocycles. The van der Waals surface area contributed by atoms with E-state index in [1.165, 1.54) is 0 Å². The van der Waals surface area contributed by atoms with Crippen molar-refractivity contribution in [3.8, 4) is 0 Å². The number of anilines is 1. The smallest absolute Gasteiger partial charge is 0.337 e. The number of hydrogen-bond donors (Lipinski definition) is 3. The van der Waals surface area contributed by atoms with Crippen LogP contribution >= 0.6 is 0 Å². The van der Waals surface area contributed by atoms with Crippen molar-refractivity contribution in [2.45, 2.75) is 38.4 Å². The van der Waals surface area contributed by atoms with Gasteiger partial charge in [-0.1, -0.05) is 32.9 Å². The third-order valence-electron chi connectivity index (χ3n) is 3.01. The molecule has 4 N–H and O–H groups in total. The Labute approximate surface area is 113 Å². The van der Waals surface area contributed by atoms with Gasteiger partial charge in [-0.3, -0.25) is 0 Å². The highest BCUT2D eigenvalue weighted by atomic mass is 16.5. The lowest BCUT2D eigenvalue weighted by atomic mass is 9.85. The van der Waals surface area contributed by atoms with Crippen molar-refractivity contribution in [2.75, 3.05) is 12.8 Å². The normalized spacial score (nSPS) is 14.8. The monoisotopic (exact) mass is 267 g/mol. The number of aliphatic hydroxyl groups excluding tert-OH is 2. The number of ether oxygens (including phenoxy) is 1. The maximum atomic E-state index is 11.2. The van der Waals surface area contributed by atoms with Gasteiger partial charge in [-0.05, 0) is 17.0 Å². The van der Waals surface area contributed by atoms with Crippen molar-refractivity contribution >= 4 is 11.7 Å². The van der Waals surface area contributed by atoms with E-state index in [4.69, 9.17) is 5.73 Å². The SMILES string of the molecule is COC(=O)C(O)C(O)c1cc(C(C)(C)C)ccc1N. The summed E-state index contributed by atoms with van der Waals surface area (Å²) in [5.74, 6) is -0.895. The van der Waals surface area contributed by atoms with Crippen LogP contribution in [0.3, 0.4) is 0 Å². The quantitative estimate of drug-likeness (QED) is 0.564. The van der Waals surface area contributed by atoms with Gasteiger partial charge in [0.05, 0.1) is 7.11 Å². The maximum absolute atomic E-state index is 11.2. The average molecular weight is 267 g/mol. The van der Waals surface area contributed by atoms with Gasteiger partial charge in [0.2, 0.25) is 0 Å². The molecule has 0 aliphatic rings. The molecule has 0 saturated carbocycles. The third-order valence-corrected chi connectivity index (χ3v) is 3.01. The Morgan fingerprint density at radius 2 is 1.89 bits per heavy atom. The molecule has 0 fully saturated rings. The molecule has 0 aromatic heterocycles. The molecule has 0 saturated heterocycles. The second kappa shape index (κ2) is 5.59. The van der Waals surface area contributed by atoms with E-state index >= 15 is 0 Å². The van der Waals surface area contributed by atoms with Crippen molar-refractivity contribution in [1.82, 2.24) is 0 Å². The minimum Gasteiger partial charge on any atom is -0.467 e. The number of methoxy groups -OCH3 is 1. The number of nitrogens with two attached hydrogens (primary N) is 1. The fourth-order valence-electron chi connectivity index (χ4n) is 1.72. The number of aliphatic hydroxyl groups is 2. The first-order valence-electron chi connectivity index (χ1n) is 6.02. The predicted octanol–water partition coefficient (Wildman–Crippen LogP) is 1.13. The van der Waals surface area contributed by atoms with E-state index in [2.05, 4.69) is 4.74 Å². The molecule has 2 unspecified atom stereocenters. The largest absolute Gasteiger partial charge is 0.467 e. The van der Waals surface area contributed by atoms with Gasteiger partial charge in [-0.2, -0.15) is 0 Å². The van der Waals surface area contributed by atoms with Gasteiger partial charge in [-0.25, -0.2) is 4.79 Å². The van der Waals surface area contributed by atoms with E-state index < -0.39 is 18.2 Å². The molecule has 0 amide bonds. The molecule has 0 spiro atoms. The highest BCUT2D eigenvalue weighted by Gasteiger charge is 2.28. The topological polar surface area (TPSA) is 92.8 Å². The van der Waals surface area contributed by atoms with E-state index in [1.807, 2.05) is 26.8 Å². The van der Waals surface area contributed by atoms with Crippen molar-refractivity contribution < 1.29 is 19.7 Å². The Kier molecular flexibility index (Phi) is 4.55. The molecule has 1 aromatic rings. The van der Waals surface area contributed by atoms with Gasteiger partial charge in [0, 0.05) is 11.3 Å². The molecule has 0 heterocycles. The highest BCUT2D eigenvalue weighted by molar-refractivity contribution is 5.75. The molecule has 19 heavy (non-hydrogen) atoms. The van der Waals surface area contributed by atoms with Crippen molar-refractivity contribution in [3.05, 3.63) is 29.3 Å². The minimum atomic E-state index is -1.65. The summed E-state index contributed by atoms with van der Waals surface area (Å²) >= 11 is 0. The Morgan fingerprint density at radius 3 is 2.37 bits per heavy atom. The van der Waals surface area contributed by atoms with E-state index in [1.54, 1.807) is 12.1 Å². The summed E-state index contributed by atoms with van der Waals surface area (Å²) in [6, 6.07) is 5.21. The second-order valence-corrected chi connectivity index (χ2v) is 5.51. The van der Waals surface area contributed by atoms with Crippen LogP contribution in [-0.4, -0.2) is 29.4 Å². The number of benzene rings is 1. The van der Waals surface area contributed by atoms with Crippen LogP contribution in [-0.2, 0) is 14.9 Å². The summed E-state index contributed by atoms with van der Waals surface area (Å²) in [5, 5.41) is 19.7. The zero-order chi connectivity index (χ0) is 14.8. The van der Waals surface area contributed by atoms with Crippen molar-refractivity contribution in [1.29, 1.82) is 0 Å². The molecule has 2 atom stereocenters. The van der Waals surface area contributed by atoms with Crippen LogP contribution in [0.15, 0.2) is 18.2 Å². The molecule has 0 aliphatic carbocycles. The lowest BCUT2D eigenvalue weighted by molar-refractivity contribution is -0.156. The Hall–Kier alpha value is -1.59. The zero-order valence-electron chi connectivity index (χ0n) is 11.7. The van der Waals surface area contributed by atoms with E-state index in [-0.39, 0.29) is 5.41 Å². The molecular weight excluding hydrogens is 246 g/mol. The van der Waals surface area contributed by atoms with E-state index in [9.17, 15) is 15.0 Å². The lowest BCUT2D eigenvalue weighted by Crippen LogP contribution is -2.29. The van der Waals surface area contributed by atoms with Gasteiger partial charge in [-0.15, -0.1) is 0 Å². The van der Waals surface area contributed by atoms with Gasteiger partial charge in [0.25, 0.3) is 0 Å². The first kappa shape index (κ1) is 15.5. The minimum absolute atomic E-state index is 0.127. The predicted molar refractivity (Wildman–Crippen MR) is 72.5 cm³/mol. The first-order valence-corrected chi connectivity index (χ1v) is 6.02. The summed E-state index contributed by atoms with van der Waals surface area (Å²) < 4.78 is 4.40. The van der Waals surface area contributed by atoms with Crippen LogP contribution in [0.25, 0.3) is 0 Å². The Balaban J connectivity index is 3.15. The standard InChI is InChI=1S/C14H21NO4/c1-14(2,3)8-5-6-10(15)9(7-8)11(16)12(17)13(18)19-4/h5-7,11-12,16-17H,15H2,1-4H3. The molecule has 5 nitrogen and oxygen atoms in total.